The Hall–Kier alpha value is -2.08. The SMILES string of the molecule is COC(=O)OC1CC[C@@]2(C)C(=CC(c3ccc(C)o3)C3C2C(O)C[C@]2(C)C(=O)CCC32)C1. The number of Topliss-reactive ketones (excluding diaryl/α,β-unsaturated/α-hetero) is 1. The Morgan fingerprint density at radius 2 is 2.00 bits per heavy atom. The predicted molar refractivity (Wildman–Crippen MR) is 117 cm³/mol. The van der Waals surface area contributed by atoms with Gasteiger partial charge in [0.15, 0.2) is 0 Å². The zero-order valence-corrected chi connectivity index (χ0v) is 19.4. The van der Waals surface area contributed by atoms with Gasteiger partial charge < -0.3 is 19.0 Å². The number of carbonyl (C=O) groups is 2. The van der Waals surface area contributed by atoms with Gasteiger partial charge in [-0.25, -0.2) is 4.79 Å². The molecule has 5 rings (SSSR count). The van der Waals surface area contributed by atoms with Crippen LogP contribution in [0.1, 0.15) is 69.8 Å². The monoisotopic (exact) mass is 442 g/mol. The van der Waals surface area contributed by atoms with Crippen LogP contribution in [0.3, 0.4) is 0 Å². The molecule has 0 bridgehead atoms. The van der Waals surface area contributed by atoms with Crippen LogP contribution in [0.4, 0.5) is 4.79 Å². The van der Waals surface area contributed by atoms with E-state index in [-0.39, 0.29) is 35.2 Å². The molecule has 174 valence electrons. The minimum Gasteiger partial charge on any atom is -0.466 e. The van der Waals surface area contributed by atoms with Gasteiger partial charge in [-0.2, -0.15) is 0 Å². The van der Waals surface area contributed by atoms with Crippen LogP contribution in [0.5, 0.6) is 0 Å². The van der Waals surface area contributed by atoms with E-state index in [9.17, 15) is 14.7 Å². The van der Waals surface area contributed by atoms with Crippen molar-refractivity contribution in [2.45, 2.75) is 77.4 Å². The van der Waals surface area contributed by atoms with E-state index < -0.39 is 17.7 Å². The van der Waals surface area contributed by atoms with Crippen LogP contribution in [0.2, 0.25) is 0 Å². The average Bonchev–Trinajstić information content (AvgIpc) is 3.30. The van der Waals surface area contributed by atoms with Crippen molar-refractivity contribution in [3.05, 3.63) is 35.3 Å². The molecular weight excluding hydrogens is 408 g/mol. The number of ether oxygens (including phenoxy) is 2. The van der Waals surface area contributed by atoms with Gasteiger partial charge in [-0.05, 0) is 67.9 Å². The third-order valence-electron chi connectivity index (χ3n) is 9.28. The van der Waals surface area contributed by atoms with Gasteiger partial charge in [0.25, 0.3) is 0 Å². The fourth-order valence-corrected chi connectivity index (χ4v) is 7.73. The van der Waals surface area contributed by atoms with Gasteiger partial charge in [0.2, 0.25) is 0 Å². The van der Waals surface area contributed by atoms with Gasteiger partial charge in [-0.15, -0.1) is 0 Å². The molecule has 6 nitrogen and oxygen atoms in total. The summed E-state index contributed by atoms with van der Waals surface area (Å²) in [4.78, 5) is 24.7. The summed E-state index contributed by atoms with van der Waals surface area (Å²) in [6.45, 7) is 6.28. The van der Waals surface area contributed by atoms with Crippen molar-refractivity contribution >= 4 is 11.9 Å². The fraction of sp³-hybridized carbons (Fsp3) is 0.692. The molecule has 32 heavy (non-hydrogen) atoms. The smallest absolute Gasteiger partial charge is 0.466 e. The molecular formula is C26H34O6. The fourth-order valence-electron chi connectivity index (χ4n) is 7.73. The molecule has 1 heterocycles. The molecule has 0 amide bonds. The van der Waals surface area contributed by atoms with Gasteiger partial charge in [0.05, 0.1) is 13.2 Å². The lowest BCUT2D eigenvalue weighted by atomic mass is 9.45. The second-order valence-electron chi connectivity index (χ2n) is 10.9. The molecule has 0 aliphatic heterocycles. The molecule has 4 aliphatic rings. The van der Waals surface area contributed by atoms with Crippen LogP contribution in [-0.2, 0) is 14.3 Å². The van der Waals surface area contributed by atoms with Crippen LogP contribution in [0, 0.1) is 35.5 Å². The number of aliphatic hydroxyl groups is 1. The van der Waals surface area contributed by atoms with Gasteiger partial charge in [-0.3, -0.25) is 4.79 Å². The quantitative estimate of drug-likeness (QED) is 0.516. The summed E-state index contributed by atoms with van der Waals surface area (Å²) in [5.74, 6) is 2.48. The number of furan rings is 1. The summed E-state index contributed by atoms with van der Waals surface area (Å²) in [7, 11) is 1.33. The number of hydrogen-bond donors (Lipinski definition) is 1. The first-order valence-corrected chi connectivity index (χ1v) is 11.9. The number of aliphatic hydroxyl groups excluding tert-OH is 1. The van der Waals surface area contributed by atoms with E-state index in [1.807, 2.05) is 19.1 Å². The van der Waals surface area contributed by atoms with Crippen molar-refractivity contribution in [1.29, 1.82) is 0 Å². The molecule has 3 fully saturated rings. The molecule has 0 spiro atoms. The molecule has 6 unspecified atom stereocenters. The first kappa shape index (κ1) is 21.7. The summed E-state index contributed by atoms with van der Waals surface area (Å²) < 4.78 is 16.3. The second-order valence-corrected chi connectivity index (χ2v) is 10.9. The summed E-state index contributed by atoms with van der Waals surface area (Å²) in [6, 6.07) is 4.02. The second kappa shape index (κ2) is 7.47. The molecule has 8 atom stereocenters. The maximum atomic E-state index is 12.9. The third kappa shape index (κ3) is 3.09. The van der Waals surface area contributed by atoms with E-state index in [1.54, 1.807) is 0 Å². The number of allylic oxidation sites excluding steroid dienone is 1. The molecule has 1 aromatic heterocycles. The topological polar surface area (TPSA) is 86.0 Å². The van der Waals surface area contributed by atoms with Crippen molar-refractivity contribution < 1.29 is 28.6 Å². The Kier molecular flexibility index (Phi) is 5.08. The number of carbonyl (C=O) groups excluding carboxylic acids is 2. The van der Waals surface area contributed by atoms with Crippen LogP contribution in [0.15, 0.2) is 28.2 Å². The lowest BCUT2D eigenvalue weighted by molar-refractivity contribution is -0.147. The first-order chi connectivity index (χ1) is 15.2. The summed E-state index contributed by atoms with van der Waals surface area (Å²) in [5.41, 5.74) is 0.573. The highest BCUT2D eigenvalue weighted by Crippen LogP contribution is 2.66. The minimum atomic E-state index is -0.649. The lowest BCUT2D eigenvalue weighted by Crippen LogP contribution is -2.58. The Bertz CT molecular complexity index is 961. The zero-order chi connectivity index (χ0) is 22.8. The van der Waals surface area contributed by atoms with Crippen molar-refractivity contribution in [1.82, 2.24) is 0 Å². The zero-order valence-electron chi connectivity index (χ0n) is 19.4. The number of hydrogen-bond acceptors (Lipinski definition) is 6. The van der Waals surface area contributed by atoms with E-state index in [4.69, 9.17) is 13.9 Å². The van der Waals surface area contributed by atoms with Gasteiger partial charge >= 0.3 is 6.16 Å². The number of aryl methyl sites for hydroxylation is 1. The standard InChI is InChI=1S/C26H34O6/c1-14-5-7-20(31-14)17-12-15-11-16(32-24(29)30-4)9-10-25(15,2)23-19(27)13-26(3)18(22(17)23)6-8-21(26)28/h5,7,12,16-19,22-23,27H,6,8-11,13H2,1-4H3/t16?,17?,18?,19?,22?,23?,25-,26-/m0/s1. The van der Waals surface area contributed by atoms with E-state index in [2.05, 4.69) is 19.9 Å². The molecule has 0 saturated heterocycles. The number of ketones is 1. The van der Waals surface area contributed by atoms with E-state index in [0.717, 1.165) is 30.8 Å². The van der Waals surface area contributed by atoms with Gasteiger partial charge in [0.1, 0.15) is 23.4 Å². The normalized spacial score (nSPS) is 43.0. The Morgan fingerprint density at radius 1 is 1.22 bits per heavy atom. The van der Waals surface area contributed by atoms with E-state index in [1.165, 1.54) is 12.7 Å². The first-order valence-electron chi connectivity index (χ1n) is 11.9. The molecule has 1 aromatic rings. The highest BCUT2D eigenvalue weighted by molar-refractivity contribution is 5.87. The van der Waals surface area contributed by atoms with E-state index in [0.29, 0.717) is 25.0 Å². The summed E-state index contributed by atoms with van der Waals surface area (Å²) in [6.07, 6.45) is 5.12. The van der Waals surface area contributed by atoms with E-state index >= 15 is 0 Å². The molecule has 1 N–H and O–H groups in total. The lowest BCUT2D eigenvalue weighted by Gasteiger charge is -2.60. The highest BCUT2D eigenvalue weighted by atomic mass is 16.7. The Balaban J connectivity index is 1.59. The van der Waals surface area contributed by atoms with Crippen molar-refractivity contribution in [3.63, 3.8) is 0 Å². The van der Waals surface area contributed by atoms with Gasteiger partial charge in [0, 0.05) is 24.2 Å². The highest BCUT2D eigenvalue weighted by Gasteiger charge is 2.64. The largest absolute Gasteiger partial charge is 0.508 e. The molecule has 4 aliphatic carbocycles. The van der Waals surface area contributed by atoms with Gasteiger partial charge in [-0.1, -0.05) is 25.5 Å². The number of rotatable bonds is 2. The third-order valence-corrected chi connectivity index (χ3v) is 9.28. The molecule has 0 radical (unpaired) electrons. The van der Waals surface area contributed by atoms with Crippen LogP contribution in [0.25, 0.3) is 0 Å². The maximum absolute atomic E-state index is 12.9. The number of methoxy groups -OCH3 is 1. The van der Waals surface area contributed by atoms with Crippen molar-refractivity contribution in [2.75, 3.05) is 7.11 Å². The number of fused-ring (bicyclic) bond motifs is 5. The summed E-state index contributed by atoms with van der Waals surface area (Å²) in [5, 5.41) is 11.5. The van der Waals surface area contributed by atoms with Crippen LogP contribution in [-0.4, -0.2) is 36.4 Å². The minimum absolute atomic E-state index is 0.00109. The molecule has 6 heteroatoms. The maximum Gasteiger partial charge on any atom is 0.508 e. The Morgan fingerprint density at radius 3 is 2.69 bits per heavy atom. The summed E-state index contributed by atoms with van der Waals surface area (Å²) >= 11 is 0. The molecule has 0 aromatic carbocycles. The van der Waals surface area contributed by atoms with Crippen molar-refractivity contribution in [2.24, 2.45) is 28.6 Å². The Labute approximate surface area is 189 Å². The molecule has 3 saturated carbocycles. The van der Waals surface area contributed by atoms with Crippen LogP contribution >= 0.6 is 0 Å². The van der Waals surface area contributed by atoms with Crippen molar-refractivity contribution in [3.8, 4) is 0 Å². The predicted octanol–water partition coefficient (Wildman–Crippen LogP) is 4.94. The van der Waals surface area contributed by atoms with Crippen LogP contribution < -0.4 is 0 Å². The average molecular weight is 443 g/mol.